The molecule has 1 aliphatic heterocycles. The van der Waals surface area contributed by atoms with Gasteiger partial charge < -0.3 is 14.8 Å². The number of nitrogens with one attached hydrogen (secondary N) is 1. The van der Waals surface area contributed by atoms with Crippen LogP contribution in [0.1, 0.15) is 0 Å². The Bertz CT molecular complexity index is 539. The molecule has 1 heterocycles. The van der Waals surface area contributed by atoms with E-state index in [0.29, 0.717) is 37.7 Å². The fourth-order valence-electron chi connectivity index (χ4n) is 2.01. The monoisotopic (exact) mass is 286 g/mol. The van der Waals surface area contributed by atoms with Crippen LogP contribution in [0.4, 0.5) is 0 Å². The van der Waals surface area contributed by atoms with Crippen molar-refractivity contribution in [2.24, 2.45) is 0 Å². The summed E-state index contributed by atoms with van der Waals surface area (Å²) in [5, 5.41) is 3.13. The Labute approximate surface area is 113 Å². The zero-order valence-corrected chi connectivity index (χ0v) is 11.9. The molecule has 0 aliphatic carbocycles. The van der Waals surface area contributed by atoms with Crippen molar-refractivity contribution >= 4 is 10.0 Å². The predicted molar refractivity (Wildman–Crippen MR) is 71.2 cm³/mol. The van der Waals surface area contributed by atoms with Crippen LogP contribution in [0.2, 0.25) is 0 Å². The van der Waals surface area contributed by atoms with Gasteiger partial charge in [-0.25, -0.2) is 8.42 Å². The molecule has 1 aromatic carbocycles. The summed E-state index contributed by atoms with van der Waals surface area (Å²) >= 11 is 0. The van der Waals surface area contributed by atoms with Crippen molar-refractivity contribution in [3.05, 3.63) is 18.2 Å². The molecule has 1 saturated heterocycles. The maximum atomic E-state index is 12.5. The molecule has 7 heteroatoms. The van der Waals surface area contributed by atoms with Crippen molar-refractivity contribution in [2.75, 3.05) is 40.4 Å². The highest BCUT2D eigenvalue weighted by Gasteiger charge is 2.28. The van der Waals surface area contributed by atoms with E-state index in [4.69, 9.17) is 9.47 Å². The number of sulfonamides is 1. The number of rotatable bonds is 4. The summed E-state index contributed by atoms with van der Waals surface area (Å²) in [4.78, 5) is 0.178. The summed E-state index contributed by atoms with van der Waals surface area (Å²) in [5.74, 6) is 0.869. The van der Waals surface area contributed by atoms with Crippen LogP contribution < -0.4 is 14.8 Å². The van der Waals surface area contributed by atoms with Crippen molar-refractivity contribution < 1.29 is 17.9 Å². The minimum atomic E-state index is -3.52. The van der Waals surface area contributed by atoms with Crippen LogP contribution in [0, 0.1) is 0 Å². The van der Waals surface area contributed by atoms with Crippen LogP contribution in [0.15, 0.2) is 23.1 Å². The number of benzene rings is 1. The molecule has 0 aromatic heterocycles. The van der Waals surface area contributed by atoms with Gasteiger partial charge in [-0.1, -0.05) is 0 Å². The van der Waals surface area contributed by atoms with Gasteiger partial charge in [0.2, 0.25) is 10.0 Å². The lowest BCUT2D eigenvalue weighted by atomic mass is 10.3. The van der Waals surface area contributed by atoms with Gasteiger partial charge in [0.15, 0.2) is 0 Å². The lowest BCUT2D eigenvalue weighted by Gasteiger charge is -2.27. The molecule has 6 nitrogen and oxygen atoms in total. The Morgan fingerprint density at radius 3 is 2.42 bits per heavy atom. The van der Waals surface area contributed by atoms with Gasteiger partial charge in [0.05, 0.1) is 14.2 Å². The molecule has 1 N–H and O–H groups in total. The number of hydrogen-bond donors (Lipinski definition) is 1. The fourth-order valence-corrected chi connectivity index (χ4v) is 3.59. The van der Waals surface area contributed by atoms with E-state index in [-0.39, 0.29) is 4.90 Å². The van der Waals surface area contributed by atoms with Crippen LogP contribution in [0.3, 0.4) is 0 Å². The van der Waals surface area contributed by atoms with E-state index in [1.807, 2.05) is 0 Å². The lowest BCUT2D eigenvalue weighted by molar-refractivity contribution is 0.353. The Balaban J connectivity index is 2.39. The standard InChI is InChI=1S/C12H18N2O4S/c1-17-10-3-4-12(11(9-10)18-2)19(15,16)14-7-5-13-6-8-14/h3-4,9,13H,5-8H2,1-2H3. The van der Waals surface area contributed by atoms with Crippen molar-refractivity contribution in [1.29, 1.82) is 0 Å². The molecule has 0 spiro atoms. The van der Waals surface area contributed by atoms with Crippen molar-refractivity contribution in [2.45, 2.75) is 4.90 Å². The van der Waals surface area contributed by atoms with Gasteiger partial charge in [-0.05, 0) is 12.1 Å². The summed E-state index contributed by atoms with van der Waals surface area (Å²) in [7, 11) is -0.540. The second-order valence-electron chi connectivity index (χ2n) is 4.17. The smallest absolute Gasteiger partial charge is 0.246 e. The Morgan fingerprint density at radius 1 is 1.16 bits per heavy atom. The summed E-state index contributed by atoms with van der Waals surface area (Å²) in [5.41, 5.74) is 0. The minimum Gasteiger partial charge on any atom is -0.497 e. The summed E-state index contributed by atoms with van der Waals surface area (Å²) in [6.07, 6.45) is 0. The molecule has 1 aliphatic rings. The third-order valence-electron chi connectivity index (χ3n) is 3.06. The average molecular weight is 286 g/mol. The third-order valence-corrected chi connectivity index (χ3v) is 5.00. The Morgan fingerprint density at radius 2 is 1.84 bits per heavy atom. The van der Waals surface area contributed by atoms with Gasteiger partial charge in [-0.2, -0.15) is 4.31 Å². The van der Waals surface area contributed by atoms with E-state index in [9.17, 15) is 8.42 Å². The second-order valence-corrected chi connectivity index (χ2v) is 6.08. The largest absolute Gasteiger partial charge is 0.497 e. The van der Waals surface area contributed by atoms with Crippen LogP contribution in [0.5, 0.6) is 11.5 Å². The molecule has 106 valence electrons. The van der Waals surface area contributed by atoms with E-state index in [2.05, 4.69) is 5.32 Å². The highest BCUT2D eigenvalue weighted by Crippen LogP contribution is 2.30. The van der Waals surface area contributed by atoms with E-state index >= 15 is 0 Å². The van der Waals surface area contributed by atoms with Crippen LogP contribution in [0.25, 0.3) is 0 Å². The molecule has 0 saturated carbocycles. The highest BCUT2D eigenvalue weighted by atomic mass is 32.2. The molecular formula is C12H18N2O4S. The molecule has 0 unspecified atom stereocenters. The first-order chi connectivity index (χ1) is 9.09. The zero-order chi connectivity index (χ0) is 13.9. The van der Waals surface area contributed by atoms with E-state index in [0.717, 1.165) is 0 Å². The number of nitrogens with zero attached hydrogens (tertiary/aromatic N) is 1. The molecule has 19 heavy (non-hydrogen) atoms. The average Bonchev–Trinajstić information content (AvgIpc) is 2.47. The zero-order valence-electron chi connectivity index (χ0n) is 11.0. The predicted octanol–water partition coefficient (Wildman–Crippen LogP) is 0.298. The van der Waals surface area contributed by atoms with Gasteiger partial charge >= 0.3 is 0 Å². The number of piperazine rings is 1. The van der Waals surface area contributed by atoms with Gasteiger partial charge in [0.25, 0.3) is 0 Å². The normalized spacial score (nSPS) is 17.2. The summed E-state index contributed by atoms with van der Waals surface area (Å²) < 4.78 is 36.8. The topological polar surface area (TPSA) is 67.9 Å². The highest BCUT2D eigenvalue weighted by molar-refractivity contribution is 7.89. The van der Waals surface area contributed by atoms with Gasteiger partial charge in [-0.3, -0.25) is 0 Å². The second kappa shape index (κ2) is 5.77. The fraction of sp³-hybridized carbons (Fsp3) is 0.500. The van der Waals surface area contributed by atoms with E-state index < -0.39 is 10.0 Å². The first kappa shape index (κ1) is 14.1. The van der Waals surface area contributed by atoms with Crippen LogP contribution >= 0.6 is 0 Å². The van der Waals surface area contributed by atoms with Crippen LogP contribution in [-0.2, 0) is 10.0 Å². The molecule has 2 rings (SSSR count). The number of methoxy groups -OCH3 is 2. The Kier molecular flexibility index (Phi) is 4.28. The third kappa shape index (κ3) is 2.83. The first-order valence-electron chi connectivity index (χ1n) is 6.02. The summed E-state index contributed by atoms with van der Waals surface area (Å²) in [6.45, 7) is 2.27. The molecule has 1 fully saturated rings. The Hall–Kier alpha value is -1.31. The molecule has 0 atom stereocenters. The SMILES string of the molecule is COc1ccc(S(=O)(=O)N2CCNCC2)c(OC)c1. The first-order valence-corrected chi connectivity index (χ1v) is 7.46. The molecular weight excluding hydrogens is 268 g/mol. The maximum absolute atomic E-state index is 12.5. The van der Waals surface area contributed by atoms with Crippen LogP contribution in [-0.4, -0.2) is 53.1 Å². The van der Waals surface area contributed by atoms with Gasteiger partial charge in [0, 0.05) is 32.2 Å². The quantitative estimate of drug-likeness (QED) is 0.862. The van der Waals surface area contributed by atoms with Crippen molar-refractivity contribution in [1.82, 2.24) is 9.62 Å². The minimum absolute atomic E-state index is 0.178. The van der Waals surface area contributed by atoms with E-state index in [1.165, 1.54) is 24.6 Å². The molecule has 0 amide bonds. The van der Waals surface area contributed by atoms with Gasteiger partial charge in [-0.15, -0.1) is 0 Å². The van der Waals surface area contributed by atoms with E-state index in [1.54, 1.807) is 12.1 Å². The number of ether oxygens (including phenoxy) is 2. The molecule has 1 aromatic rings. The summed E-state index contributed by atoms with van der Waals surface area (Å²) in [6, 6.07) is 4.72. The number of hydrogen-bond acceptors (Lipinski definition) is 5. The van der Waals surface area contributed by atoms with Crippen molar-refractivity contribution in [3.8, 4) is 11.5 Å². The molecule has 0 radical (unpaired) electrons. The molecule has 0 bridgehead atoms. The van der Waals surface area contributed by atoms with Crippen molar-refractivity contribution in [3.63, 3.8) is 0 Å². The maximum Gasteiger partial charge on any atom is 0.246 e. The van der Waals surface area contributed by atoms with Gasteiger partial charge in [0.1, 0.15) is 16.4 Å². The lowest BCUT2D eigenvalue weighted by Crippen LogP contribution is -2.46.